The molecule has 0 bridgehead atoms. The molecule has 0 N–H and O–H groups in total. The third-order valence-corrected chi connectivity index (χ3v) is 3.33. The SMILES string of the molecule is CC[C@@H](C)[C@H](c1ccc(OC(C)C)cc1)N(C)C. The summed E-state index contributed by atoms with van der Waals surface area (Å²) in [5.74, 6) is 1.60. The Hall–Kier alpha value is -1.02. The molecule has 102 valence electrons. The molecular weight excluding hydrogens is 222 g/mol. The van der Waals surface area contributed by atoms with E-state index in [1.807, 2.05) is 0 Å². The van der Waals surface area contributed by atoms with E-state index in [4.69, 9.17) is 4.74 Å². The first-order chi connectivity index (χ1) is 8.45. The molecule has 0 unspecified atom stereocenters. The Balaban J connectivity index is 2.87. The van der Waals surface area contributed by atoms with Gasteiger partial charge in [0, 0.05) is 6.04 Å². The van der Waals surface area contributed by atoms with E-state index in [0.29, 0.717) is 12.0 Å². The van der Waals surface area contributed by atoms with Crippen LogP contribution in [0.3, 0.4) is 0 Å². The van der Waals surface area contributed by atoms with Crippen molar-refractivity contribution in [3.8, 4) is 5.75 Å². The Bertz CT molecular complexity index is 343. The van der Waals surface area contributed by atoms with Crippen LogP contribution in [-0.4, -0.2) is 25.1 Å². The molecule has 18 heavy (non-hydrogen) atoms. The van der Waals surface area contributed by atoms with E-state index in [1.54, 1.807) is 0 Å². The molecule has 0 radical (unpaired) electrons. The smallest absolute Gasteiger partial charge is 0.119 e. The second kappa shape index (κ2) is 6.79. The summed E-state index contributed by atoms with van der Waals surface area (Å²) in [4.78, 5) is 2.30. The van der Waals surface area contributed by atoms with Crippen LogP contribution in [0, 0.1) is 5.92 Å². The molecule has 2 nitrogen and oxygen atoms in total. The van der Waals surface area contributed by atoms with E-state index in [2.05, 4.69) is 71.0 Å². The molecule has 0 saturated carbocycles. The monoisotopic (exact) mass is 249 g/mol. The normalized spacial score (nSPS) is 14.9. The number of hydrogen-bond acceptors (Lipinski definition) is 2. The molecular formula is C16H27NO. The van der Waals surface area contributed by atoms with Crippen molar-refractivity contribution >= 4 is 0 Å². The molecule has 0 aliphatic heterocycles. The van der Waals surface area contributed by atoms with Crippen molar-refractivity contribution in [2.75, 3.05) is 14.1 Å². The van der Waals surface area contributed by atoms with Gasteiger partial charge < -0.3 is 9.64 Å². The third-order valence-electron chi connectivity index (χ3n) is 3.33. The highest BCUT2D eigenvalue weighted by Gasteiger charge is 2.19. The van der Waals surface area contributed by atoms with Gasteiger partial charge in [-0.3, -0.25) is 0 Å². The van der Waals surface area contributed by atoms with Gasteiger partial charge in [-0.2, -0.15) is 0 Å². The summed E-state index contributed by atoms with van der Waals surface area (Å²) < 4.78 is 5.68. The van der Waals surface area contributed by atoms with Gasteiger partial charge in [-0.1, -0.05) is 32.4 Å². The molecule has 0 aromatic heterocycles. The molecule has 2 heteroatoms. The lowest BCUT2D eigenvalue weighted by Gasteiger charge is -2.30. The largest absolute Gasteiger partial charge is 0.491 e. The van der Waals surface area contributed by atoms with Gasteiger partial charge in [0.05, 0.1) is 6.10 Å². The Kier molecular flexibility index (Phi) is 5.67. The minimum atomic E-state index is 0.232. The zero-order valence-corrected chi connectivity index (χ0v) is 12.6. The molecule has 1 rings (SSSR count). The quantitative estimate of drug-likeness (QED) is 0.752. The van der Waals surface area contributed by atoms with Crippen LogP contribution in [0.4, 0.5) is 0 Å². The summed E-state index contributed by atoms with van der Waals surface area (Å²) in [5.41, 5.74) is 1.37. The van der Waals surface area contributed by atoms with Crippen LogP contribution in [0.2, 0.25) is 0 Å². The number of nitrogens with zero attached hydrogens (tertiary/aromatic N) is 1. The molecule has 0 aliphatic carbocycles. The molecule has 0 aliphatic rings. The van der Waals surface area contributed by atoms with E-state index in [0.717, 1.165) is 5.75 Å². The number of rotatable bonds is 6. The summed E-state index contributed by atoms with van der Waals surface area (Å²) >= 11 is 0. The summed E-state index contributed by atoms with van der Waals surface area (Å²) in [6.45, 7) is 8.66. The Labute approximate surface area is 112 Å². The van der Waals surface area contributed by atoms with E-state index in [-0.39, 0.29) is 6.10 Å². The highest BCUT2D eigenvalue weighted by atomic mass is 16.5. The lowest BCUT2D eigenvalue weighted by molar-refractivity contribution is 0.218. The Morgan fingerprint density at radius 2 is 1.61 bits per heavy atom. The maximum absolute atomic E-state index is 5.68. The van der Waals surface area contributed by atoms with Crippen LogP contribution in [0.1, 0.15) is 45.7 Å². The molecule has 0 amide bonds. The minimum Gasteiger partial charge on any atom is -0.491 e. The average molecular weight is 249 g/mol. The summed E-state index contributed by atoms with van der Waals surface area (Å²) in [5, 5.41) is 0. The predicted molar refractivity (Wildman–Crippen MR) is 78.1 cm³/mol. The van der Waals surface area contributed by atoms with Crippen LogP contribution in [0.15, 0.2) is 24.3 Å². The van der Waals surface area contributed by atoms with E-state index in [1.165, 1.54) is 12.0 Å². The first kappa shape index (κ1) is 15.0. The number of benzene rings is 1. The first-order valence-corrected chi connectivity index (χ1v) is 6.88. The van der Waals surface area contributed by atoms with E-state index >= 15 is 0 Å². The van der Waals surface area contributed by atoms with Crippen molar-refractivity contribution in [2.24, 2.45) is 5.92 Å². The van der Waals surface area contributed by atoms with Gasteiger partial charge in [-0.15, -0.1) is 0 Å². The van der Waals surface area contributed by atoms with Crippen molar-refractivity contribution in [3.63, 3.8) is 0 Å². The van der Waals surface area contributed by atoms with Crippen LogP contribution < -0.4 is 4.74 Å². The van der Waals surface area contributed by atoms with Crippen molar-refractivity contribution in [1.82, 2.24) is 4.90 Å². The first-order valence-electron chi connectivity index (χ1n) is 6.88. The summed E-state index contributed by atoms with van der Waals surface area (Å²) in [6, 6.07) is 9.01. The maximum Gasteiger partial charge on any atom is 0.119 e. The number of hydrogen-bond donors (Lipinski definition) is 0. The zero-order chi connectivity index (χ0) is 13.7. The van der Waals surface area contributed by atoms with Crippen LogP contribution in [0.5, 0.6) is 5.75 Å². The van der Waals surface area contributed by atoms with Crippen molar-refractivity contribution in [3.05, 3.63) is 29.8 Å². The topological polar surface area (TPSA) is 12.5 Å². The molecule has 0 spiro atoms. The summed E-state index contributed by atoms with van der Waals surface area (Å²) in [6.07, 6.45) is 1.42. The van der Waals surface area contributed by atoms with Gasteiger partial charge in [0.15, 0.2) is 0 Å². The second-order valence-electron chi connectivity index (χ2n) is 5.53. The minimum absolute atomic E-state index is 0.232. The van der Waals surface area contributed by atoms with Gasteiger partial charge >= 0.3 is 0 Å². The molecule has 2 atom stereocenters. The fraction of sp³-hybridized carbons (Fsp3) is 0.625. The van der Waals surface area contributed by atoms with Gasteiger partial charge in [-0.05, 0) is 51.6 Å². The van der Waals surface area contributed by atoms with Crippen LogP contribution in [-0.2, 0) is 0 Å². The van der Waals surface area contributed by atoms with E-state index < -0.39 is 0 Å². The van der Waals surface area contributed by atoms with Crippen molar-refractivity contribution in [1.29, 1.82) is 0 Å². The van der Waals surface area contributed by atoms with Crippen molar-refractivity contribution in [2.45, 2.75) is 46.3 Å². The lowest BCUT2D eigenvalue weighted by Crippen LogP contribution is -2.25. The highest BCUT2D eigenvalue weighted by molar-refractivity contribution is 5.29. The molecule has 0 fully saturated rings. The van der Waals surface area contributed by atoms with Gasteiger partial charge in [0.2, 0.25) is 0 Å². The Morgan fingerprint density at radius 3 is 2.00 bits per heavy atom. The maximum atomic E-state index is 5.68. The Morgan fingerprint density at radius 1 is 1.06 bits per heavy atom. The predicted octanol–water partition coefficient (Wildman–Crippen LogP) is 4.12. The molecule has 0 heterocycles. The average Bonchev–Trinajstić information content (AvgIpc) is 2.30. The van der Waals surface area contributed by atoms with Crippen LogP contribution >= 0.6 is 0 Å². The zero-order valence-electron chi connectivity index (χ0n) is 12.6. The van der Waals surface area contributed by atoms with Crippen molar-refractivity contribution < 1.29 is 4.74 Å². The van der Waals surface area contributed by atoms with Gasteiger partial charge in [-0.25, -0.2) is 0 Å². The molecule has 1 aromatic rings. The lowest BCUT2D eigenvalue weighted by atomic mass is 9.91. The van der Waals surface area contributed by atoms with Crippen LogP contribution in [0.25, 0.3) is 0 Å². The highest BCUT2D eigenvalue weighted by Crippen LogP contribution is 2.30. The standard InChI is InChI=1S/C16H27NO/c1-7-13(4)16(17(5)6)14-8-10-15(11-9-14)18-12(2)3/h8-13,16H,7H2,1-6H3/t13-,16-/m1/s1. The third kappa shape index (κ3) is 4.02. The fourth-order valence-corrected chi connectivity index (χ4v) is 2.37. The number of ether oxygens (including phenoxy) is 1. The van der Waals surface area contributed by atoms with Gasteiger partial charge in [0.25, 0.3) is 0 Å². The molecule has 1 aromatic carbocycles. The van der Waals surface area contributed by atoms with Gasteiger partial charge in [0.1, 0.15) is 5.75 Å². The fourth-order valence-electron chi connectivity index (χ4n) is 2.37. The molecule has 0 saturated heterocycles. The second-order valence-corrected chi connectivity index (χ2v) is 5.53. The van der Waals surface area contributed by atoms with E-state index in [9.17, 15) is 0 Å². The summed E-state index contributed by atoms with van der Waals surface area (Å²) in [7, 11) is 4.30.